The van der Waals surface area contributed by atoms with Crippen LogP contribution < -0.4 is 4.72 Å². The Hall–Kier alpha value is 0.160. The SMILES string of the molecule is Clc1cc2c(s1)SNC(SC1CC1)=N2. The topological polar surface area (TPSA) is 24.4 Å². The van der Waals surface area contributed by atoms with Crippen LogP contribution in [0, 0.1) is 0 Å². The quantitative estimate of drug-likeness (QED) is 0.777. The summed E-state index contributed by atoms with van der Waals surface area (Å²) in [5.41, 5.74) is 1.02. The van der Waals surface area contributed by atoms with Gasteiger partial charge in [0, 0.05) is 5.25 Å². The fourth-order valence-corrected chi connectivity index (χ4v) is 4.28. The van der Waals surface area contributed by atoms with Crippen molar-refractivity contribution < 1.29 is 0 Å². The van der Waals surface area contributed by atoms with E-state index in [-0.39, 0.29) is 0 Å². The van der Waals surface area contributed by atoms with E-state index in [1.807, 2.05) is 17.8 Å². The summed E-state index contributed by atoms with van der Waals surface area (Å²) in [5, 5.41) is 1.82. The average Bonchev–Trinajstić information content (AvgIpc) is 2.86. The van der Waals surface area contributed by atoms with Crippen LogP contribution in [-0.4, -0.2) is 10.4 Å². The normalized spacial score (nSPS) is 19.9. The van der Waals surface area contributed by atoms with Crippen molar-refractivity contribution in [1.29, 1.82) is 0 Å². The molecule has 1 aliphatic carbocycles. The van der Waals surface area contributed by atoms with Crippen LogP contribution in [0.3, 0.4) is 0 Å². The van der Waals surface area contributed by atoms with Gasteiger partial charge in [-0.2, -0.15) is 0 Å². The summed E-state index contributed by atoms with van der Waals surface area (Å²) in [4.78, 5) is 4.52. The molecule has 0 spiro atoms. The first-order chi connectivity index (χ1) is 6.81. The molecule has 1 aromatic rings. The molecular weight excluding hydrogens is 256 g/mol. The van der Waals surface area contributed by atoms with E-state index in [9.17, 15) is 0 Å². The summed E-state index contributed by atoms with van der Waals surface area (Å²) in [5.74, 6) is 0. The molecule has 2 aliphatic rings. The molecule has 0 atom stereocenters. The van der Waals surface area contributed by atoms with E-state index in [0.717, 1.165) is 24.7 Å². The van der Waals surface area contributed by atoms with Crippen molar-refractivity contribution in [1.82, 2.24) is 4.72 Å². The number of thioether (sulfide) groups is 1. The Balaban J connectivity index is 1.85. The molecule has 3 rings (SSSR count). The molecule has 1 saturated carbocycles. The Morgan fingerprint density at radius 1 is 1.57 bits per heavy atom. The Morgan fingerprint density at radius 2 is 2.43 bits per heavy atom. The Kier molecular flexibility index (Phi) is 2.43. The highest BCUT2D eigenvalue weighted by atomic mass is 35.5. The Labute approximate surface area is 99.6 Å². The lowest BCUT2D eigenvalue weighted by atomic mass is 10.5. The second kappa shape index (κ2) is 3.63. The van der Waals surface area contributed by atoms with Gasteiger partial charge in [0.05, 0.1) is 10.0 Å². The van der Waals surface area contributed by atoms with E-state index in [1.54, 1.807) is 23.3 Å². The van der Waals surface area contributed by atoms with Gasteiger partial charge in [0.2, 0.25) is 0 Å². The van der Waals surface area contributed by atoms with Crippen LogP contribution in [0.4, 0.5) is 5.69 Å². The third kappa shape index (κ3) is 1.91. The van der Waals surface area contributed by atoms with Crippen LogP contribution in [0.5, 0.6) is 0 Å². The van der Waals surface area contributed by atoms with Gasteiger partial charge in [-0.3, -0.25) is 0 Å². The van der Waals surface area contributed by atoms with E-state index in [1.165, 1.54) is 12.8 Å². The van der Waals surface area contributed by atoms with Crippen molar-refractivity contribution in [3.8, 4) is 0 Å². The molecule has 74 valence electrons. The van der Waals surface area contributed by atoms with Crippen molar-refractivity contribution in [3.05, 3.63) is 10.4 Å². The van der Waals surface area contributed by atoms with Crippen molar-refractivity contribution in [2.24, 2.45) is 4.99 Å². The summed E-state index contributed by atoms with van der Waals surface area (Å²) in [6.45, 7) is 0. The fourth-order valence-electron chi connectivity index (χ4n) is 1.10. The smallest absolute Gasteiger partial charge is 0.172 e. The zero-order valence-electron chi connectivity index (χ0n) is 7.12. The zero-order chi connectivity index (χ0) is 9.54. The van der Waals surface area contributed by atoms with E-state index < -0.39 is 0 Å². The molecule has 1 fully saturated rings. The second-order valence-electron chi connectivity index (χ2n) is 3.16. The Morgan fingerprint density at radius 3 is 3.21 bits per heavy atom. The van der Waals surface area contributed by atoms with E-state index in [0.29, 0.717) is 0 Å². The largest absolute Gasteiger partial charge is 0.304 e. The first kappa shape index (κ1) is 9.39. The van der Waals surface area contributed by atoms with Crippen LogP contribution >= 0.6 is 46.6 Å². The van der Waals surface area contributed by atoms with E-state index >= 15 is 0 Å². The van der Waals surface area contributed by atoms with Crippen LogP contribution in [0.15, 0.2) is 15.3 Å². The van der Waals surface area contributed by atoms with Gasteiger partial charge in [-0.1, -0.05) is 23.4 Å². The molecule has 6 heteroatoms. The lowest BCUT2D eigenvalue weighted by Gasteiger charge is -2.11. The molecule has 2 heterocycles. The molecule has 0 saturated heterocycles. The zero-order valence-corrected chi connectivity index (χ0v) is 10.3. The minimum Gasteiger partial charge on any atom is -0.304 e. The molecule has 14 heavy (non-hydrogen) atoms. The lowest BCUT2D eigenvalue weighted by molar-refractivity contribution is 1.39. The monoisotopic (exact) mass is 262 g/mol. The summed E-state index contributed by atoms with van der Waals surface area (Å²) in [6.07, 6.45) is 2.65. The van der Waals surface area contributed by atoms with Gasteiger partial charge < -0.3 is 4.72 Å². The third-order valence-corrected chi connectivity index (χ3v) is 5.49. The predicted octanol–water partition coefficient (Wildman–Crippen LogP) is 3.89. The highest BCUT2D eigenvalue weighted by Gasteiger charge is 2.26. The number of hydrogen-bond acceptors (Lipinski definition) is 5. The van der Waals surface area contributed by atoms with E-state index in [4.69, 9.17) is 11.6 Å². The molecule has 2 nitrogen and oxygen atoms in total. The molecule has 0 unspecified atom stereocenters. The standard InChI is InChI=1S/C8H7ClN2S3/c9-6-3-5-7(13-6)14-11-8(10-5)12-4-1-2-4/h3-4H,1-2H2,(H,10,11). The maximum atomic E-state index is 5.92. The van der Waals surface area contributed by atoms with Gasteiger partial charge in [-0.15, -0.1) is 11.3 Å². The highest BCUT2D eigenvalue weighted by molar-refractivity contribution is 8.16. The van der Waals surface area contributed by atoms with E-state index in [2.05, 4.69) is 9.71 Å². The van der Waals surface area contributed by atoms with Crippen LogP contribution in [0.2, 0.25) is 4.34 Å². The van der Waals surface area contributed by atoms with Gasteiger partial charge in [0.1, 0.15) is 4.21 Å². The number of fused-ring (bicyclic) bond motifs is 1. The van der Waals surface area contributed by atoms with Crippen LogP contribution in [0.1, 0.15) is 12.8 Å². The molecule has 0 radical (unpaired) electrons. The predicted molar refractivity (Wildman–Crippen MR) is 66.0 cm³/mol. The van der Waals surface area contributed by atoms with Crippen molar-refractivity contribution in [2.75, 3.05) is 0 Å². The average molecular weight is 263 g/mol. The number of nitrogens with zero attached hydrogens (tertiary/aromatic N) is 1. The van der Waals surface area contributed by atoms with Gasteiger partial charge >= 0.3 is 0 Å². The highest BCUT2D eigenvalue weighted by Crippen LogP contribution is 2.44. The molecular formula is C8H7ClN2S3. The van der Waals surface area contributed by atoms with Gasteiger partial charge in [-0.05, 0) is 30.9 Å². The summed E-state index contributed by atoms with van der Waals surface area (Å²) in [6, 6.07) is 1.93. The number of hydrogen-bond donors (Lipinski definition) is 1. The summed E-state index contributed by atoms with van der Waals surface area (Å²) < 4.78 is 5.21. The maximum Gasteiger partial charge on any atom is 0.172 e. The molecule has 0 bridgehead atoms. The molecule has 1 aromatic heterocycles. The summed E-state index contributed by atoms with van der Waals surface area (Å²) in [7, 11) is 0. The third-order valence-electron chi connectivity index (χ3n) is 1.91. The maximum absolute atomic E-state index is 5.92. The number of amidine groups is 1. The number of thiophene rings is 1. The number of halogens is 1. The lowest BCUT2D eigenvalue weighted by Crippen LogP contribution is -2.14. The number of rotatable bonds is 1. The minimum absolute atomic E-state index is 0.789. The molecule has 1 aliphatic heterocycles. The van der Waals surface area contributed by atoms with Crippen molar-refractivity contribution in [2.45, 2.75) is 22.3 Å². The number of aliphatic imine (C=N–C) groups is 1. The van der Waals surface area contributed by atoms with Gasteiger partial charge in [-0.25, -0.2) is 4.99 Å². The van der Waals surface area contributed by atoms with Crippen LogP contribution in [-0.2, 0) is 0 Å². The van der Waals surface area contributed by atoms with Crippen molar-refractivity contribution in [3.63, 3.8) is 0 Å². The fraction of sp³-hybridized carbons (Fsp3) is 0.375. The van der Waals surface area contributed by atoms with Crippen LogP contribution in [0.25, 0.3) is 0 Å². The summed E-state index contributed by atoms with van der Waals surface area (Å²) >= 11 is 11.0. The van der Waals surface area contributed by atoms with Gasteiger partial charge in [0.15, 0.2) is 5.17 Å². The first-order valence-electron chi connectivity index (χ1n) is 4.29. The first-order valence-corrected chi connectivity index (χ1v) is 7.18. The second-order valence-corrected chi connectivity index (χ2v) is 7.21. The molecule has 0 amide bonds. The van der Waals surface area contributed by atoms with Crippen molar-refractivity contribution >= 4 is 57.5 Å². The molecule has 1 N–H and O–H groups in total. The molecule has 0 aromatic carbocycles. The minimum atomic E-state index is 0.789. The Bertz CT molecular complexity index is 397. The number of nitrogens with one attached hydrogen (secondary N) is 1. The van der Waals surface area contributed by atoms with Gasteiger partial charge in [0.25, 0.3) is 0 Å².